The van der Waals surface area contributed by atoms with Gasteiger partial charge in [-0.25, -0.2) is 0 Å². The van der Waals surface area contributed by atoms with Gasteiger partial charge in [0.1, 0.15) is 11.8 Å². The summed E-state index contributed by atoms with van der Waals surface area (Å²) in [5, 5.41) is 20.3. The third kappa shape index (κ3) is 4.71. The lowest BCUT2D eigenvalue weighted by Crippen LogP contribution is -2.33. The topological polar surface area (TPSA) is 47.3 Å². The predicted octanol–water partition coefficient (Wildman–Crippen LogP) is 4.64. The van der Waals surface area contributed by atoms with Crippen LogP contribution in [-0.4, -0.2) is 23.1 Å². The number of hydrogen-bond donors (Lipinski definition) is 1. The van der Waals surface area contributed by atoms with E-state index in [9.17, 15) is 10.4 Å². The normalized spacial score (nSPS) is 15.1. The Balaban J connectivity index is 2.22. The maximum Gasteiger partial charge on any atom is 0.117 e. The van der Waals surface area contributed by atoms with Gasteiger partial charge < -0.3 is 10.0 Å². The van der Waals surface area contributed by atoms with Crippen LogP contribution in [0.25, 0.3) is 0 Å². The molecule has 0 aliphatic rings. The smallest absolute Gasteiger partial charge is 0.117 e. The lowest BCUT2D eigenvalue weighted by atomic mass is 9.95. The molecule has 0 aliphatic heterocycles. The number of allylic oxidation sites excluding steroid dienone is 2. The minimum absolute atomic E-state index is 0.180. The summed E-state index contributed by atoms with van der Waals surface area (Å²) in [5.74, 6) is 0.180. The Morgan fingerprint density at radius 2 is 1.60 bits per heavy atom. The molecule has 0 unspecified atom stereocenters. The quantitative estimate of drug-likeness (QED) is 0.750. The van der Waals surface area contributed by atoms with Crippen molar-refractivity contribution in [3.63, 3.8) is 0 Å². The second kappa shape index (κ2) is 9.05. The molecule has 0 saturated heterocycles. The van der Waals surface area contributed by atoms with Crippen LogP contribution in [0.1, 0.15) is 43.4 Å². The second-order valence-corrected chi connectivity index (χ2v) is 6.30. The van der Waals surface area contributed by atoms with Crippen LogP contribution in [0, 0.1) is 11.3 Å². The standard InChI is InChI=1S/C22H26N2O/c1-4-18(19-11-7-5-8-12-19)15-21(16-23)24(3)17(2)22(25)20-13-9-6-10-14-20/h5-15,17-18,22,25H,4H2,1-3H3/b21-15+/t17-,18+,22-/m0/s1. The van der Waals surface area contributed by atoms with Crippen molar-refractivity contribution in [2.45, 2.75) is 38.3 Å². The minimum Gasteiger partial charge on any atom is -0.386 e. The fourth-order valence-electron chi connectivity index (χ4n) is 2.93. The van der Waals surface area contributed by atoms with Crippen LogP contribution >= 0.6 is 0 Å². The molecular weight excluding hydrogens is 308 g/mol. The van der Waals surface area contributed by atoms with Crippen LogP contribution in [0.4, 0.5) is 0 Å². The summed E-state index contributed by atoms with van der Waals surface area (Å²) in [7, 11) is 1.86. The van der Waals surface area contributed by atoms with Gasteiger partial charge in [-0.3, -0.25) is 0 Å². The third-order valence-electron chi connectivity index (χ3n) is 4.73. The van der Waals surface area contributed by atoms with E-state index in [0.29, 0.717) is 5.70 Å². The molecule has 25 heavy (non-hydrogen) atoms. The van der Waals surface area contributed by atoms with Crippen molar-refractivity contribution in [3.05, 3.63) is 83.6 Å². The summed E-state index contributed by atoms with van der Waals surface area (Å²) in [6, 6.07) is 21.9. The molecule has 0 aliphatic carbocycles. The van der Waals surface area contributed by atoms with Crippen molar-refractivity contribution in [1.82, 2.24) is 4.90 Å². The van der Waals surface area contributed by atoms with Crippen molar-refractivity contribution in [2.24, 2.45) is 0 Å². The summed E-state index contributed by atoms with van der Waals surface area (Å²) >= 11 is 0. The molecular formula is C22H26N2O. The van der Waals surface area contributed by atoms with E-state index >= 15 is 0 Å². The number of nitrogens with zero attached hydrogens (tertiary/aromatic N) is 2. The van der Waals surface area contributed by atoms with Gasteiger partial charge in [0, 0.05) is 13.0 Å². The Hall–Kier alpha value is -2.57. The van der Waals surface area contributed by atoms with E-state index in [1.165, 1.54) is 5.56 Å². The van der Waals surface area contributed by atoms with Gasteiger partial charge in [0.25, 0.3) is 0 Å². The largest absolute Gasteiger partial charge is 0.386 e. The first-order chi connectivity index (χ1) is 12.1. The summed E-state index contributed by atoms with van der Waals surface area (Å²) in [6.45, 7) is 4.05. The molecule has 0 radical (unpaired) electrons. The van der Waals surface area contributed by atoms with E-state index in [4.69, 9.17) is 0 Å². The number of likely N-dealkylation sites (N-methyl/N-ethyl adjacent to an activating group) is 1. The zero-order chi connectivity index (χ0) is 18.2. The molecule has 0 spiro atoms. The van der Waals surface area contributed by atoms with Crippen molar-refractivity contribution < 1.29 is 5.11 Å². The Bertz CT molecular complexity index is 719. The molecule has 0 fully saturated rings. The van der Waals surface area contributed by atoms with Gasteiger partial charge in [-0.1, -0.05) is 67.6 Å². The fourth-order valence-corrected chi connectivity index (χ4v) is 2.93. The third-order valence-corrected chi connectivity index (χ3v) is 4.73. The summed E-state index contributed by atoms with van der Waals surface area (Å²) in [5.41, 5.74) is 2.63. The Morgan fingerprint density at radius 1 is 1.08 bits per heavy atom. The fraction of sp³-hybridized carbons (Fsp3) is 0.318. The molecule has 0 heterocycles. The van der Waals surface area contributed by atoms with Gasteiger partial charge >= 0.3 is 0 Å². The van der Waals surface area contributed by atoms with Gasteiger partial charge in [0.05, 0.1) is 12.1 Å². The Kier molecular flexibility index (Phi) is 6.80. The van der Waals surface area contributed by atoms with E-state index < -0.39 is 6.10 Å². The second-order valence-electron chi connectivity index (χ2n) is 6.30. The zero-order valence-corrected chi connectivity index (χ0v) is 15.1. The average Bonchev–Trinajstić information content (AvgIpc) is 2.68. The van der Waals surface area contributed by atoms with Gasteiger partial charge in [0.2, 0.25) is 0 Å². The van der Waals surface area contributed by atoms with Crippen molar-refractivity contribution >= 4 is 0 Å². The maximum absolute atomic E-state index is 10.6. The van der Waals surface area contributed by atoms with Crippen LogP contribution in [0.2, 0.25) is 0 Å². The molecule has 3 heteroatoms. The molecule has 130 valence electrons. The lowest BCUT2D eigenvalue weighted by Gasteiger charge is -2.31. The maximum atomic E-state index is 10.6. The monoisotopic (exact) mass is 334 g/mol. The summed E-state index contributed by atoms with van der Waals surface area (Å²) in [4.78, 5) is 1.86. The summed E-state index contributed by atoms with van der Waals surface area (Å²) < 4.78 is 0. The molecule has 2 rings (SSSR count). The van der Waals surface area contributed by atoms with Gasteiger partial charge in [-0.15, -0.1) is 0 Å². The highest BCUT2D eigenvalue weighted by atomic mass is 16.3. The predicted molar refractivity (Wildman–Crippen MR) is 102 cm³/mol. The van der Waals surface area contributed by atoms with Crippen LogP contribution in [-0.2, 0) is 0 Å². The first-order valence-electron chi connectivity index (χ1n) is 8.71. The molecule has 0 bridgehead atoms. The molecule has 0 saturated carbocycles. The minimum atomic E-state index is -0.653. The lowest BCUT2D eigenvalue weighted by molar-refractivity contribution is 0.0911. The molecule has 0 aromatic heterocycles. The number of aliphatic hydroxyl groups excluding tert-OH is 1. The van der Waals surface area contributed by atoms with E-state index in [2.05, 4.69) is 25.1 Å². The molecule has 0 amide bonds. The number of nitriles is 1. The van der Waals surface area contributed by atoms with E-state index in [1.807, 2.05) is 73.5 Å². The highest BCUT2D eigenvalue weighted by molar-refractivity contribution is 5.30. The van der Waals surface area contributed by atoms with Crippen molar-refractivity contribution in [3.8, 4) is 6.07 Å². The SMILES string of the molecule is CC[C@H](/C=C(\C#N)N(C)[C@@H](C)[C@H](O)c1ccccc1)c1ccccc1. The Morgan fingerprint density at radius 3 is 2.08 bits per heavy atom. The number of rotatable bonds is 7. The average molecular weight is 334 g/mol. The first kappa shape index (κ1) is 18.8. The van der Waals surface area contributed by atoms with Gasteiger partial charge in [-0.2, -0.15) is 5.26 Å². The zero-order valence-electron chi connectivity index (χ0n) is 15.1. The number of benzene rings is 2. The Labute approximate surface area is 150 Å². The molecule has 2 aromatic carbocycles. The van der Waals surface area contributed by atoms with Crippen molar-refractivity contribution in [1.29, 1.82) is 5.26 Å². The van der Waals surface area contributed by atoms with Gasteiger partial charge in [0.15, 0.2) is 0 Å². The number of aliphatic hydroxyl groups is 1. The molecule has 2 aromatic rings. The van der Waals surface area contributed by atoms with E-state index in [-0.39, 0.29) is 12.0 Å². The first-order valence-corrected chi connectivity index (χ1v) is 8.71. The molecule has 1 N–H and O–H groups in total. The van der Waals surface area contributed by atoms with Crippen LogP contribution < -0.4 is 0 Å². The van der Waals surface area contributed by atoms with E-state index in [0.717, 1.165) is 12.0 Å². The molecule has 3 nitrogen and oxygen atoms in total. The van der Waals surface area contributed by atoms with Gasteiger partial charge in [-0.05, 0) is 30.5 Å². The van der Waals surface area contributed by atoms with Crippen LogP contribution in [0.3, 0.4) is 0 Å². The van der Waals surface area contributed by atoms with Crippen LogP contribution in [0.5, 0.6) is 0 Å². The molecule has 3 atom stereocenters. The number of hydrogen-bond acceptors (Lipinski definition) is 3. The highest BCUT2D eigenvalue weighted by Crippen LogP contribution is 2.26. The highest BCUT2D eigenvalue weighted by Gasteiger charge is 2.22. The van der Waals surface area contributed by atoms with E-state index in [1.54, 1.807) is 0 Å². The van der Waals surface area contributed by atoms with Crippen LogP contribution in [0.15, 0.2) is 72.4 Å². The summed E-state index contributed by atoms with van der Waals surface area (Å²) in [6.07, 6.45) is 2.27. The van der Waals surface area contributed by atoms with Crippen molar-refractivity contribution in [2.75, 3.05) is 7.05 Å².